The van der Waals surface area contributed by atoms with Crippen LogP contribution in [0, 0.1) is 5.92 Å². The van der Waals surface area contributed by atoms with Gasteiger partial charge in [-0.25, -0.2) is 4.99 Å². The van der Waals surface area contributed by atoms with Crippen LogP contribution in [-0.2, 0) is 5.41 Å². The third-order valence-corrected chi connectivity index (χ3v) is 14.2. The minimum atomic E-state index is -0.0603. The van der Waals surface area contributed by atoms with Gasteiger partial charge >= 0.3 is 0 Å². The van der Waals surface area contributed by atoms with Crippen molar-refractivity contribution in [1.29, 1.82) is 0 Å². The molecule has 1 aliphatic carbocycles. The summed E-state index contributed by atoms with van der Waals surface area (Å²) in [5.74, 6) is 1.03. The molecule has 9 aromatic carbocycles. The quantitative estimate of drug-likeness (QED) is 0.164. The number of hydrogen-bond acceptors (Lipinski definition) is 3. The van der Waals surface area contributed by atoms with Crippen molar-refractivity contribution < 1.29 is 4.42 Å². The van der Waals surface area contributed by atoms with Gasteiger partial charge in [-0.2, -0.15) is 0 Å². The lowest BCUT2D eigenvalue weighted by atomic mass is 9.81. The van der Waals surface area contributed by atoms with Gasteiger partial charge in [-0.3, -0.25) is 4.99 Å². The second-order valence-electron chi connectivity index (χ2n) is 18.5. The molecule has 0 bridgehead atoms. The summed E-state index contributed by atoms with van der Waals surface area (Å²) in [5.41, 5.74) is 18.7. The van der Waals surface area contributed by atoms with Gasteiger partial charge in [0.1, 0.15) is 11.2 Å². The van der Waals surface area contributed by atoms with Crippen LogP contribution in [0.25, 0.3) is 77.2 Å². The molecule has 0 saturated heterocycles. The minimum Gasteiger partial charge on any atom is -0.456 e. The highest BCUT2D eigenvalue weighted by Crippen LogP contribution is 2.49. The molecule has 312 valence electrons. The van der Waals surface area contributed by atoms with Gasteiger partial charge in [0.25, 0.3) is 0 Å². The Balaban J connectivity index is 0.919. The Morgan fingerprint density at radius 3 is 1.94 bits per heavy atom. The molecule has 3 nitrogen and oxygen atoms in total. The molecule has 0 N–H and O–H groups in total. The summed E-state index contributed by atoms with van der Waals surface area (Å²) >= 11 is 0. The fourth-order valence-electron chi connectivity index (χ4n) is 10.6. The lowest BCUT2D eigenvalue weighted by molar-refractivity contribution is 0.446. The van der Waals surface area contributed by atoms with Crippen LogP contribution in [0.5, 0.6) is 0 Å². The van der Waals surface area contributed by atoms with Crippen molar-refractivity contribution in [3.8, 4) is 44.5 Å². The predicted octanol–water partition coefficient (Wildman–Crippen LogP) is 16.5. The van der Waals surface area contributed by atoms with E-state index in [-0.39, 0.29) is 11.5 Å². The third kappa shape index (κ3) is 6.82. The average molecular weight is 837 g/mol. The molecular weight excluding hydrogens is 789 g/mol. The molecule has 0 amide bonds. The van der Waals surface area contributed by atoms with Crippen molar-refractivity contribution in [2.45, 2.75) is 45.1 Å². The maximum Gasteiger partial charge on any atom is 0.156 e. The second-order valence-corrected chi connectivity index (χ2v) is 18.5. The number of amidine groups is 1. The zero-order chi connectivity index (χ0) is 43.6. The Morgan fingerprint density at radius 2 is 1.11 bits per heavy atom. The van der Waals surface area contributed by atoms with Gasteiger partial charge in [0, 0.05) is 21.8 Å². The molecule has 2 aliphatic rings. The van der Waals surface area contributed by atoms with E-state index in [0.717, 1.165) is 68.6 Å². The Bertz CT molecular complexity index is 3530. The van der Waals surface area contributed by atoms with Crippen LogP contribution in [0.4, 0.5) is 0 Å². The van der Waals surface area contributed by atoms with Crippen molar-refractivity contribution in [2.75, 3.05) is 0 Å². The van der Waals surface area contributed by atoms with Gasteiger partial charge in [-0.1, -0.05) is 185 Å². The van der Waals surface area contributed by atoms with Gasteiger partial charge < -0.3 is 4.42 Å². The van der Waals surface area contributed by atoms with E-state index in [1.54, 1.807) is 0 Å². The molecule has 2 heterocycles. The third-order valence-electron chi connectivity index (χ3n) is 14.2. The van der Waals surface area contributed by atoms with E-state index in [0.29, 0.717) is 5.92 Å². The van der Waals surface area contributed by atoms with E-state index in [2.05, 4.69) is 221 Å². The van der Waals surface area contributed by atoms with Gasteiger partial charge in [0.2, 0.25) is 0 Å². The number of fused-ring (bicyclic) bond motifs is 7. The summed E-state index contributed by atoms with van der Waals surface area (Å²) in [6.45, 7) is 7.03. The fourth-order valence-corrected chi connectivity index (χ4v) is 10.6. The van der Waals surface area contributed by atoms with Crippen LogP contribution in [0.3, 0.4) is 0 Å². The van der Waals surface area contributed by atoms with E-state index < -0.39 is 0 Å². The highest BCUT2D eigenvalue weighted by atomic mass is 16.3. The lowest BCUT2D eigenvalue weighted by Crippen LogP contribution is -2.18. The number of rotatable bonds is 6. The topological polar surface area (TPSA) is 37.9 Å². The first kappa shape index (κ1) is 39.0. The molecule has 0 spiro atoms. The van der Waals surface area contributed by atoms with Crippen molar-refractivity contribution in [2.24, 2.45) is 15.9 Å². The van der Waals surface area contributed by atoms with E-state index in [9.17, 15) is 0 Å². The van der Waals surface area contributed by atoms with Crippen LogP contribution in [0.2, 0.25) is 0 Å². The van der Waals surface area contributed by atoms with Crippen LogP contribution < -0.4 is 0 Å². The van der Waals surface area contributed by atoms with Crippen LogP contribution in [0.15, 0.2) is 215 Å². The molecule has 0 radical (unpaired) electrons. The van der Waals surface area contributed by atoms with E-state index >= 15 is 0 Å². The SMILES string of the molecule is CC1CCC(c2ccccc2)=NC(c2cccc3oc4ccc(-c5cccc(-c6ccc(-c7ccc8c(c7)C(C)(C)c7ccccc7-8)cc6)c5)cc4c23)=NC1c1ccc2ccccc2c1. The summed E-state index contributed by atoms with van der Waals surface area (Å²) in [5, 5.41) is 4.56. The van der Waals surface area contributed by atoms with E-state index in [1.165, 1.54) is 60.8 Å². The first-order valence-electron chi connectivity index (χ1n) is 23.0. The molecule has 0 fully saturated rings. The van der Waals surface area contributed by atoms with Crippen molar-refractivity contribution >= 4 is 44.3 Å². The summed E-state index contributed by atoms with van der Waals surface area (Å²) in [6, 6.07) is 72.6. The highest BCUT2D eigenvalue weighted by molar-refractivity contribution is 6.22. The number of nitrogens with zero attached hydrogens (tertiary/aromatic N) is 2. The first-order chi connectivity index (χ1) is 31.9. The monoisotopic (exact) mass is 836 g/mol. The molecule has 1 aliphatic heterocycles. The molecule has 2 unspecified atom stereocenters. The summed E-state index contributed by atoms with van der Waals surface area (Å²) in [7, 11) is 0. The fraction of sp³-hybridized carbons (Fsp3) is 0.129. The summed E-state index contributed by atoms with van der Waals surface area (Å²) < 4.78 is 6.61. The van der Waals surface area contributed by atoms with Gasteiger partial charge in [-0.15, -0.1) is 0 Å². The van der Waals surface area contributed by atoms with Gasteiger partial charge in [-0.05, 0) is 133 Å². The van der Waals surface area contributed by atoms with E-state index in [4.69, 9.17) is 14.4 Å². The van der Waals surface area contributed by atoms with Crippen molar-refractivity contribution in [1.82, 2.24) is 0 Å². The molecule has 12 rings (SSSR count). The number of benzene rings is 9. The average Bonchev–Trinajstić information content (AvgIpc) is 3.84. The molecule has 65 heavy (non-hydrogen) atoms. The molecule has 1 aromatic heterocycles. The first-order valence-corrected chi connectivity index (χ1v) is 23.0. The molecule has 3 heteroatoms. The Kier molecular flexibility index (Phi) is 9.34. The highest BCUT2D eigenvalue weighted by Gasteiger charge is 2.35. The van der Waals surface area contributed by atoms with E-state index in [1.807, 2.05) is 0 Å². The molecule has 2 atom stereocenters. The largest absolute Gasteiger partial charge is 0.456 e. The lowest BCUT2D eigenvalue weighted by Gasteiger charge is -2.25. The van der Waals surface area contributed by atoms with Crippen molar-refractivity contribution in [3.05, 3.63) is 228 Å². The normalized spacial score (nSPS) is 16.7. The van der Waals surface area contributed by atoms with Crippen LogP contribution in [0.1, 0.15) is 67.5 Å². The van der Waals surface area contributed by atoms with Crippen molar-refractivity contribution in [3.63, 3.8) is 0 Å². The summed E-state index contributed by atoms with van der Waals surface area (Å²) in [4.78, 5) is 11.1. The maximum absolute atomic E-state index is 6.61. The minimum absolute atomic E-state index is 0.0292. The molecule has 10 aromatic rings. The molecular formula is C62H48N2O. The zero-order valence-corrected chi connectivity index (χ0v) is 36.9. The second kappa shape index (κ2) is 15.6. The Hall–Kier alpha value is -7.62. The smallest absolute Gasteiger partial charge is 0.156 e. The Morgan fingerprint density at radius 1 is 0.477 bits per heavy atom. The van der Waals surface area contributed by atoms with Crippen LogP contribution >= 0.6 is 0 Å². The summed E-state index contributed by atoms with van der Waals surface area (Å²) in [6.07, 6.45) is 1.84. The zero-order valence-electron chi connectivity index (χ0n) is 36.9. The maximum atomic E-state index is 6.61. The van der Waals surface area contributed by atoms with Gasteiger partial charge in [0.05, 0.1) is 11.8 Å². The number of aliphatic imine (C=N–C) groups is 2. The van der Waals surface area contributed by atoms with Crippen LogP contribution in [-0.4, -0.2) is 11.5 Å². The standard InChI is InChI=1S/C62H48N2O/c1-39-23-33-56(43-14-5-4-6-15-43)63-61(64-60(39)49-29-28-40-13-7-8-16-44(40)36-49)52-20-12-22-58-59(52)53-37-47(31-34-57(53)65-58)46-18-11-17-45(35-46)41-24-26-42(27-25-41)48-30-32-51-50-19-9-10-21-54(50)62(2,3)55(51)38-48/h4-22,24-32,34-39,60H,23,33H2,1-3H3. The number of furan rings is 1. The molecule has 0 saturated carbocycles. The number of hydrogen-bond donors (Lipinski definition) is 0. The van der Waals surface area contributed by atoms with Gasteiger partial charge in [0.15, 0.2) is 5.84 Å². The Labute approximate surface area is 380 Å². The predicted molar refractivity (Wildman–Crippen MR) is 272 cm³/mol.